The number of carbonyl (C=O) groups is 1. The van der Waals surface area contributed by atoms with Crippen LogP contribution in [0.15, 0.2) is 0 Å². The summed E-state index contributed by atoms with van der Waals surface area (Å²) in [4.78, 5) is 16.1. The topological polar surface area (TPSA) is 65.0 Å². The first kappa shape index (κ1) is 16.7. The van der Waals surface area contributed by atoms with Crippen LogP contribution in [0, 0.1) is 5.92 Å². The van der Waals surface area contributed by atoms with Gasteiger partial charge in [0, 0.05) is 33.2 Å². The number of likely N-dealkylation sites (tertiary alicyclic amines) is 1. The molecule has 0 radical (unpaired) electrons. The first-order valence-corrected chi connectivity index (χ1v) is 8.01. The molecule has 1 unspecified atom stereocenters. The number of ether oxygens (including phenoxy) is 1. The molecule has 6 heteroatoms. The van der Waals surface area contributed by atoms with Gasteiger partial charge < -0.3 is 25.0 Å². The number of hydrogen-bond donors (Lipinski definition) is 2. The van der Waals surface area contributed by atoms with Gasteiger partial charge in [-0.3, -0.25) is 4.79 Å². The summed E-state index contributed by atoms with van der Waals surface area (Å²) >= 11 is 0. The zero-order chi connectivity index (χ0) is 15.2. The Hall–Kier alpha value is -0.690. The Morgan fingerprint density at radius 2 is 2.10 bits per heavy atom. The quantitative estimate of drug-likeness (QED) is 0.665. The molecule has 2 N–H and O–H groups in total. The molecule has 2 saturated heterocycles. The van der Waals surface area contributed by atoms with E-state index in [2.05, 4.69) is 10.2 Å². The Bertz CT molecular complexity index is 326. The molecule has 0 aromatic heterocycles. The van der Waals surface area contributed by atoms with Gasteiger partial charge in [-0.25, -0.2) is 0 Å². The fourth-order valence-electron chi connectivity index (χ4n) is 2.89. The van der Waals surface area contributed by atoms with Gasteiger partial charge in [0.2, 0.25) is 5.91 Å². The third kappa shape index (κ3) is 5.54. The average Bonchev–Trinajstić information content (AvgIpc) is 2.38. The maximum absolute atomic E-state index is 12.0. The first-order chi connectivity index (χ1) is 10.0. The van der Waals surface area contributed by atoms with Crippen molar-refractivity contribution in [1.29, 1.82) is 0 Å². The number of nitrogens with one attached hydrogen (secondary N) is 1. The number of aliphatic hydroxyl groups excluding tert-OH is 1. The molecule has 2 fully saturated rings. The lowest BCUT2D eigenvalue weighted by Gasteiger charge is -2.34. The van der Waals surface area contributed by atoms with Crippen LogP contribution in [0.5, 0.6) is 0 Å². The largest absolute Gasteiger partial charge is 0.392 e. The maximum atomic E-state index is 12.0. The van der Waals surface area contributed by atoms with E-state index in [4.69, 9.17) is 4.74 Å². The van der Waals surface area contributed by atoms with Crippen molar-refractivity contribution >= 4 is 5.91 Å². The second kappa shape index (κ2) is 8.08. The minimum absolute atomic E-state index is 0.0771. The summed E-state index contributed by atoms with van der Waals surface area (Å²) in [5, 5.41) is 12.5. The third-order valence-corrected chi connectivity index (χ3v) is 4.37. The van der Waals surface area contributed by atoms with Crippen LogP contribution in [0.3, 0.4) is 0 Å². The van der Waals surface area contributed by atoms with E-state index in [0.717, 1.165) is 52.1 Å². The van der Waals surface area contributed by atoms with Crippen LogP contribution in [0.2, 0.25) is 0 Å². The lowest BCUT2D eigenvalue weighted by atomic mass is 9.96. The number of rotatable bonds is 7. The molecule has 0 aliphatic carbocycles. The van der Waals surface area contributed by atoms with Crippen LogP contribution in [0.1, 0.15) is 19.8 Å². The zero-order valence-electron chi connectivity index (χ0n) is 13.3. The standard InChI is InChI=1S/C15H29N3O3/c1-12(19)9-18-5-3-13(4-6-18)10-17(2)15(20)11-21-14-7-16-8-14/h12-14,16,19H,3-11H2,1-2H3. The summed E-state index contributed by atoms with van der Waals surface area (Å²) in [5.74, 6) is 0.642. The van der Waals surface area contributed by atoms with Crippen LogP contribution in [-0.2, 0) is 9.53 Å². The second-order valence-corrected chi connectivity index (χ2v) is 6.46. The highest BCUT2D eigenvalue weighted by molar-refractivity contribution is 5.77. The SMILES string of the molecule is CC(O)CN1CCC(CN(C)C(=O)COC2CNC2)CC1. The van der Waals surface area contributed by atoms with Crippen molar-refractivity contribution in [2.45, 2.75) is 32.0 Å². The highest BCUT2D eigenvalue weighted by Gasteiger charge is 2.24. The molecule has 2 rings (SSSR count). The van der Waals surface area contributed by atoms with Gasteiger partial charge in [0.25, 0.3) is 0 Å². The summed E-state index contributed by atoms with van der Waals surface area (Å²) in [6.07, 6.45) is 2.14. The van der Waals surface area contributed by atoms with Gasteiger partial charge in [0.1, 0.15) is 6.61 Å². The number of carbonyl (C=O) groups excluding carboxylic acids is 1. The Morgan fingerprint density at radius 3 is 2.62 bits per heavy atom. The van der Waals surface area contributed by atoms with Crippen molar-refractivity contribution in [3.63, 3.8) is 0 Å². The normalized spacial score (nSPS) is 22.8. The van der Waals surface area contributed by atoms with E-state index in [0.29, 0.717) is 5.92 Å². The van der Waals surface area contributed by atoms with Gasteiger partial charge in [0.05, 0.1) is 12.2 Å². The highest BCUT2D eigenvalue weighted by Crippen LogP contribution is 2.18. The van der Waals surface area contributed by atoms with Crippen molar-refractivity contribution in [3.05, 3.63) is 0 Å². The molecule has 0 spiro atoms. The number of amides is 1. The number of hydrogen-bond acceptors (Lipinski definition) is 5. The Kier molecular flexibility index (Phi) is 6.41. The lowest BCUT2D eigenvalue weighted by Crippen LogP contribution is -2.50. The van der Waals surface area contributed by atoms with Gasteiger partial charge >= 0.3 is 0 Å². The van der Waals surface area contributed by atoms with Crippen molar-refractivity contribution in [2.24, 2.45) is 5.92 Å². The zero-order valence-corrected chi connectivity index (χ0v) is 13.3. The van der Waals surface area contributed by atoms with E-state index in [1.54, 1.807) is 4.90 Å². The number of likely N-dealkylation sites (N-methyl/N-ethyl adjacent to an activating group) is 1. The van der Waals surface area contributed by atoms with Crippen molar-refractivity contribution < 1.29 is 14.6 Å². The highest BCUT2D eigenvalue weighted by atomic mass is 16.5. The predicted octanol–water partition coefficient (Wildman–Crippen LogP) is -0.474. The molecule has 1 atom stereocenters. The Morgan fingerprint density at radius 1 is 1.43 bits per heavy atom. The number of nitrogens with zero attached hydrogens (tertiary/aromatic N) is 2. The van der Waals surface area contributed by atoms with E-state index in [1.165, 1.54) is 0 Å². The molecule has 0 bridgehead atoms. The minimum Gasteiger partial charge on any atom is -0.392 e. The monoisotopic (exact) mass is 299 g/mol. The third-order valence-electron chi connectivity index (χ3n) is 4.37. The molecule has 1 amide bonds. The molecule has 2 heterocycles. The molecule has 2 aliphatic heterocycles. The summed E-state index contributed by atoms with van der Waals surface area (Å²) in [7, 11) is 1.87. The average molecular weight is 299 g/mol. The van der Waals surface area contributed by atoms with Crippen LogP contribution < -0.4 is 5.32 Å². The summed E-state index contributed by atoms with van der Waals surface area (Å²) in [5.41, 5.74) is 0. The molecule has 6 nitrogen and oxygen atoms in total. The molecule has 0 aromatic rings. The van der Waals surface area contributed by atoms with Gasteiger partial charge in [-0.1, -0.05) is 0 Å². The molecule has 21 heavy (non-hydrogen) atoms. The van der Waals surface area contributed by atoms with Crippen molar-refractivity contribution in [1.82, 2.24) is 15.1 Å². The predicted molar refractivity (Wildman–Crippen MR) is 81.1 cm³/mol. The smallest absolute Gasteiger partial charge is 0.248 e. The van der Waals surface area contributed by atoms with E-state index >= 15 is 0 Å². The first-order valence-electron chi connectivity index (χ1n) is 8.01. The number of aliphatic hydroxyl groups is 1. The lowest BCUT2D eigenvalue weighted by molar-refractivity contribution is -0.138. The van der Waals surface area contributed by atoms with E-state index < -0.39 is 0 Å². The maximum Gasteiger partial charge on any atom is 0.248 e. The van der Waals surface area contributed by atoms with Crippen LogP contribution >= 0.6 is 0 Å². The molecule has 0 aromatic carbocycles. The molecular weight excluding hydrogens is 270 g/mol. The minimum atomic E-state index is -0.260. The molecular formula is C15H29N3O3. The fourth-order valence-corrected chi connectivity index (χ4v) is 2.89. The van der Waals surface area contributed by atoms with E-state index in [1.807, 2.05) is 14.0 Å². The number of β-amino-alcohol motifs (C(OH)–C–C–N with tert-alkyl or cyclic N) is 1. The van der Waals surface area contributed by atoms with Gasteiger partial charge in [-0.2, -0.15) is 0 Å². The molecule has 0 saturated carbocycles. The Balaban J connectivity index is 1.61. The summed E-state index contributed by atoms with van der Waals surface area (Å²) in [6.45, 7) is 7.35. The van der Waals surface area contributed by atoms with Gasteiger partial charge in [-0.15, -0.1) is 0 Å². The van der Waals surface area contributed by atoms with E-state index in [-0.39, 0.29) is 24.7 Å². The summed E-state index contributed by atoms with van der Waals surface area (Å²) < 4.78 is 5.52. The van der Waals surface area contributed by atoms with Crippen LogP contribution in [-0.4, -0.2) is 85.9 Å². The van der Waals surface area contributed by atoms with Gasteiger partial charge in [0.15, 0.2) is 0 Å². The van der Waals surface area contributed by atoms with Crippen molar-refractivity contribution in [3.8, 4) is 0 Å². The number of piperidine rings is 1. The van der Waals surface area contributed by atoms with Crippen molar-refractivity contribution in [2.75, 3.05) is 52.9 Å². The molecule has 122 valence electrons. The van der Waals surface area contributed by atoms with Gasteiger partial charge in [-0.05, 0) is 38.8 Å². The Labute approximate surface area is 127 Å². The van der Waals surface area contributed by atoms with Crippen LogP contribution in [0.4, 0.5) is 0 Å². The van der Waals surface area contributed by atoms with Crippen LogP contribution in [0.25, 0.3) is 0 Å². The van der Waals surface area contributed by atoms with E-state index in [9.17, 15) is 9.90 Å². The second-order valence-electron chi connectivity index (χ2n) is 6.46. The fraction of sp³-hybridized carbons (Fsp3) is 0.933. The molecule has 2 aliphatic rings. The summed E-state index contributed by atoms with van der Waals surface area (Å²) in [6, 6.07) is 0.